The molecule has 0 fully saturated rings. The Morgan fingerprint density at radius 2 is 1.86 bits per heavy atom. The molecule has 2 aromatic carbocycles. The molecule has 0 spiro atoms. The Hall–Kier alpha value is -1.62. The second-order valence-corrected chi connectivity index (χ2v) is 7.88. The number of rotatable bonds is 6. The lowest BCUT2D eigenvalue weighted by Gasteiger charge is -2.12. The standard InChI is InChI=1S/C18H16Cl2IN3O3S/c19-11-7-8-15(13(20)10-11)27-9-3-6-16(25)23-24-18(28)22-17(26)12-4-1-2-5-14(12)21/h1-2,4-5,7-8,10H,3,6,9H2,(H,23,25)(H2,22,24,26,28). The van der Waals surface area contributed by atoms with E-state index >= 15 is 0 Å². The first kappa shape index (κ1) is 22.7. The number of nitrogens with one attached hydrogen (secondary N) is 3. The van der Waals surface area contributed by atoms with E-state index in [0.717, 1.165) is 3.57 Å². The topological polar surface area (TPSA) is 79.5 Å². The van der Waals surface area contributed by atoms with Crippen molar-refractivity contribution < 1.29 is 14.3 Å². The fourth-order valence-electron chi connectivity index (χ4n) is 2.04. The largest absolute Gasteiger partial charge is 0.492 e. The molecule has 2 aromatic rings. The zero-order valence-corrected chi connectivity index (χ0v) is 18.9. The minimum atomic E-state index is -0.356. The monoisotopic (exact) mass is 551 g/mol. The molecule has 0 atom stereocenters. The summed E-state index contributed by atoms with van der Waals surface area (Å²) in [6.45, 7) is 0.308. The SMILES string of the molecule is O=C(CCCOc1ccc(Cl)cc1Cl)NNC(=S)NC(=O)c1ccccc1I. The van der Waals surface area contributed by atoms with Crippen molar-refractivity contribution in [3.8, 4) is 5.75 Å². The molecule has 6 nitrogen and oxygen atoms in total. The molecule has 0 aliphatic carbocycles. The van der Waals surface area contributed by atoms with Crippen LogP contribution in [-0.2, 0) is 4.79 Å². The average Bonchev–Trinajstić information content (AvgIpc) is 2.65. The number of hydrazine groups is 1. The highest BCUT2D eigenvalue weighted by molar-refractivity contribution is 14.1. The molecular formula is C18H16Cl2IN3O3S. The number of benzene rings is 2. The molecule has 2 rings (SSSR count). The molecule has 0 aromatic heterocycles. The van der Waals surface area contributed by atoms with E-state index in [1.807, 2.05) is 12.1 Å². The molecule has 0 unspecified atom stereocenters. The van der Waals surface area contributed by atoms with Gasteiger partial charge < -0.3 is 4.74 Å². The van der Waals surface area contributed by atoms with Crippen LogP contribution in [0.3, 0.4) is 0 Å². The van der Waals surface area contributed by atoms with Gasteiger partial charge >= 0.3 is 0 Å². The lowest BCUT2D eigenvalue weighted by molar-refractivity contribution is -0.121. The third-order valence-corrected chi connectivity index (χ3v) is 5.04. The maximum Gasteiger partial charge on any atom is 0.258 e. The van der Waals surface area contributed by atoms with Gasteiger partial charge in [-0.3, -0.25) is 25.8 Å². The number of carbonyl (C=O) groups excluding carboxylic acids is 2. The normalized spacial score (nSPS) is 10.1. The van der Waals surface area contributed by atoms with Crippen LogP contribution in [0.15, 0.2) is 42.5 Å². The van der Waals surface area contributed by atoms with Gasteiger partial charge in [0.05, 0.1) is 17.2 Å². The molecule has 28 heavy (non-hydrogen) atoms. The zero-order chi connectivity index (χ0) is 20.5. The third-order valence-electron chi connectivity index (χ3n) is 3.36. The van der Waals surface area contributed by atoms with Gasteiger partial charge in [-0.1, -0.05) is 35.3 Å². The highest BCUT2D eigenvalue weighted by Gasteiger charge is 2.11. The van der Waals surface area contributed by atoms with E-state index < -0.39 is 0 Å². The summed E-state index contributed by atoms with van der Waals surface area (Å²) in [5, 5.41) is 3.44. The van der Waals surface area contributed by atoms with Gasteiger partial charge in [-0.05, 0) is 71.6 Å². The summed E-state index contributed by atoms with van der Waals surface area (Å²) < 4.78 is 6.30. The van der Waals surface area contributed by atoms with Crippen molar-refractivity contribution in [3.05, 3.63) is 61.6 Å². The first-order valence-electron chi connectivity index (χ1n) is 8.09. The van der Waals surface area contributed by atoms with Crippen molar-refractivity contribution >= 4 is 74.9 Å². The van der Waals surface area contributed by atoms with Gasteiger partial charge in [0.2, 0.25) is 5.91 Å². The summed E-state index contributed by atoms with van der Waals surface area (Å²) in [6, 6.07) is 12.0. The second kappa shape index (κ2) is 11.4. The van der Waals surface area contributed by atoms with Crippen molar-refractivity contribution in [3.63, 3.8) is 0 Å². The first-order chi connectivity index (χ1) is 13.4. The van der Waals surface area contributed by atoms with Crippen molar-refractivity contribution in [2.45, 2.75) is 12.8 Å². The maximum absolute atomic E-state index is 12.1. The molecule has 3 N–H and O–H groups in total. The molecule has 0 aliphatic heterocycles. The van der Waals surface area contributed by atoms with Crippen molar-refractivity contribution in [1.29, 1.82) is 0 Å². The molecule has 0 heterocycles. The molecule has 148 valence electrons. The summed E-state index contributed by atoms with van der Waals surface area (Å²) >= 11 is 18.9. The van der Waals surface area contributed by atoms with E-state index in [4.69, 9.17) is 40.2 Å². The minimum Gasteiger partial charge on any atom is -0.492 e. The number of hydrogen-bond acceptors (Lipinski definition) is 4. The summed E-state index contributed by atoms with van der Waals surface area (Å²) in [6.07, 6.45) is 0.666. The summed E-state index contributed by atoms with van der Waals surface area (Å²) in [5.41, 5.74) is 5.42. The number of ether oxygens (including phenoxy) is 1. The summed E-state index contributed by atoms with van der Waals surface area (Å²) in [4.78, 5) is 24.0. The quantitative estimate of drug-likeness (QED) is 0.218. The molecule has 0 saturated heterocycles. The molecule has 0 saturated carbocycles. The van der Waals surface area contributed by atoms with Gasteiger partial charge in [-0.25, -0.2) is 0 Å². The molecule has 0 radical (unpaired) electrons. The van der Waals surface area contributed by atoms with E-state index in [2.05, 4.69) is 38.8 Å². The Kier molecular flexibility index (Phi) is 9.23. The van der Waals surface area contributed by atoms with Crippen LogP contribution in [0.2, 0.25) is 10.0 Å². The molecule has 0 aliphatic rings. The van der Waals surface area contributed by atoms with E-state index in [1.54, 1.807) is 30.3 Å². The smallest absolute Gasteiger partial charge is 0.258 e. The van der Waals surface area contributed by atoms with Crippen LogP contribution < -0.4 is 20.9 Å². The van der Waals surface area contributed by atoms with Gasteiger partial charge in [0, 0.05) is 15.0 Å². The Morgan fingerprint density at radius 3 is 2.57 bits per heavy atom. The number of carbonyl (C=O) groups is 2. The summed E-state index contributed by atoms with van der Waals surface area (Å²) in [5.74, 6) is -0.147. The van der Waals surface area contributed by atoms with Crippen LogP contribution in [-0.4, -0.2) is 23.5 Å². The minimum absolute atomic E-state index is 0.00204. The van der Waals surface area contributed by atoms with Gasteiger partial charge in [-0.2, -0.15) is 0 Å². The fourth-order valence-corrected chi connectivity index (χ4v) is 3.28. The Labute approximate surface area is 191 Å². The van der Waals surface area contributed by atoms with E-state index in [1.165, 1.54) is 0 Å². The number of halogens is 3. The zero-order valence-electron chi connectivity index (χ0n) is 14.4. The molecular weight excluding hydrogens is 536 g/mol. The number of thiocarbonyl (C=S) groups is 1. The van der Waals surface area contributed by atoms with Gasteiger partial charge in [0.1, 0.15) is 5.75 Å². The van der Waals surface area contributed by atoms with Crippen molar-refractivity contribution in [2.24, 2.45) is 0 Å². The number of hydrogen-bond donors (Lipinski definition) is 3. The summed E-state index contributed by atoms with van der Waals surface area (Å²) in [7, 11) is 0. The van der Waals surface area contributed by atoms with Crippen LogP contribution in [0.5, 0.6) is 5.75 Å². The van der Waals surface area contributed by atoms with Gasteiger partial charge in [0.15, 0.2) is 5.11 Å². The predicted molar refractivity (Wildman–Crippen MR) is 122 cm³/mol. The van der Waals surface area contributed by atoms with Crippen LogP contribution in [0.4, 0.5) is 0 Å². The molecule has 10 heteroatoms. The van der Waals surface area contributed by atoms with Crippen LogP contribution in [0, 0.1) is 3.57 Å². The van der Waals surface area contributed by atoms with Gasteiger partial charge in [0.25, 0.3) is 5.91 Å². The fraction of sp³-hybridized carbons (Fsp3) is 0.167. The Balaban J connectivity index is 1.66. The number of amides is 2. The van der Waals surface area contributed by atoms with E-state index in [9.17, 15) is 9.59 Å². The highest BCUT2D eigenvalue weighted by Crippen LogP contribution is 2.27. The highest BCUT2D eigenvalue weighted by atomic mass is 127. The molecule has 0 bridgehead atoms. The third kappa shape index (κ3) is 7.42. The van der Waals surface area contributed by atoms with Gasteiger partial charge in [-0.15, -0.1) is 0 Å². The van der Waals surface area contributed by atoms with Crippen molar-refractivity contribution in [2.75, 3.05) is 6.61 Å². The van der Waals surface area contributed by atoms with Crippen LogP contribution in [0.25, 0.3) is 0 Å². The van der Waals surface area contributed by atoms with E-state index in [-0.39, 0.29) is 23.3 Å². The predicted octanol–water partition coefficient (Wildman–Crippen LogP) is 4.09. The first-order valence-corrected chi connectivity index (χ1v) is 10.3. The van der Waals surface area contributed by atoms with E-state index in [0.29, 0.717) is 34.4 Å². The Bertz CT molecular complexity index is 883. The lowest BCUT2D eigenvalue weighted by Crippen LogP contribution is -2.48. The van der Waals surface area contributed by atoms with Crippen molar-refractivity contribution in [1.82, 2.24) is 16.2 Å². The van der Waals surface area contributed by atoms with Crippen LogP contribution in [0.1, 0.15) is 23.2 Å². The average molecular weight is 552 g/mol. The maximum atomic E-state index is 12.1. The lowest BCUT2D eigenvalue weighted by atomic mass is 10.2. The second-order valence-electron chi connectivity index (χ2n) is 5.46. The molecule has 2 amide bonds. The van der Waals surface area contributed by atoms with Crippen LogP contribution >= 0.6 is 58.0 Å². The Morgan fingerprint density at radius 1 is 1.11 bits per heavy atom.